The molecule has 0 saturated carbocycles. The third kappa shape index (κ3) is 10.1. The third-order valence-electron chi connectivity index (χ3n) is 3.00. The zero-order valence-electron chi connectivity index (χ0n) is 11.8. The maximum Gasteiger partial charge on any atom is 0.185 e. The van der Waals surface area contributed by atoms with Crippen LogP contribution in [0.25, 0.3) is 0 Å². The molecule has 0 rings (SSSR count). The van der Waals surface area contributed by atoms with Crippen molar-refractivity contribution in [2.45, 2.75) is 65.5 Å². The summed E-state index contributed by atoms with van der Waals surface area (Å²) in [6, 6.07) is 1.11. The molecule has 0 spiro atoms. The van der Waals surface area contributed by atoms with Crippen molar-refractivity contribution in [2.24, 2.45) is 11.7 Å². The summed E-state index contributed by atoms with van der Waals surface area (Å²) in [6.07, 6.45) is 4.67. The van der Waals surface area contributed by atoms with Gasteiger partial charge in [0.05, 0.1) is 0 Å². The van der Waals surface area contributed by atoms with Crippen molar-refractivity contribution in [3.63, 3.8) is 0 Å². The number of rotatable bonds is 9. The first-order valence-electron chi connectivity index (χ1n) is 6.79. The van der Waals surface area contributed by atoms with Gasteiger partial charge >= 0.3 is 0 Å². The average molecular weight is 242 g/mol. The Hall–Kier alpha value is -0.770. The minimum Gasteiger partial charge on any atom is -0.370 e. The van der Waals surface area contributed by atoms with Crippen LogP contribution in [-0.2, 0) is 0 Å². The van der Waals surface area contributed by atoms with Crippen LogP contribution >= 0.6 is 0 Å². The molecule has 0 amide bonds. The molecule has 0 aromatic carbocycles. The van der Waals surface area contributed by atoms with Crippen LogP contribution in [0.5, 0.6) is 0 Å². The van der Waals surface area contributed by atoms with Crippen LogP contribution in [0.1, 0.15) is 53.4 Å². The molecule has 0 aliphatic rings. The van der Waals surface area contributed by atoms with Gasteiger partial charge in [-0.2, -0.15) is 0 Å². The Morgan fingerprint density at radius 2 is 1.94 bits per heavy atom. The Morgan fingerprint density at radius 3 is 2.41 bits per heavy atom. The van der Waals surface area contributed by atoms with E-state index in [1.807, 2.05) is 0 Å². The topological polar surface area (TPSA) is 73.9 Å². The zero-order chi connectivity index (χ0) is 13.3. The van der Waals surface area contributed by atoms with Gasteiger partial charge in [-0.3, -0.25) is 5.41 Å². The van der Waals surface area contributed by atoms with Gasteiger partial charge in [0, 0.05) is 18.6 Å². The smallest absolute Gasteiger partial charge is 0.185 e. The molecule has 0 heterocycles. The number of nitrogens with one attached hydrogen (secondary N) is 3. The van der Waals surface area contributed by atoms with Gasteiger partial charge in [0.15, 0.2) is 5.96 Å². The second-order valence-corrected chi connectivity index (χ2v) is 5.25. The molecule has 102 valence electrons. The Bertz CT molecular complexity index is 204. The molecule has 4 heteroatoms. The summed E-state index contributed by atoms with van der Waals surface area (Å²) < 4.78 is 0. The standard InChI is InChI=1S/C13H30N4/c1-5-11(4)9-12(17-10(2)3)7-6-8-16-13(14)15/h10-12,17H,5-9H2,1-4H3,(H4,14,15,16)/t11?,12-/m0/s1. The first kappa shape index (κ1) is 16.2. The third-order valence-corrected chi connectivity index (χ3v) is 3.00. The number of hydrogen-bond acceptors (Lipinski definition) is 2. The molecule has 2 atom stereocenters. The van der Waals surface area contributed by atoms with Crippen molar-refractivity contribution in [1.82, 2.24) is 10.6 Å². The molecule has 0 bridgehead atoms. The fraction of sp³-hybridized carbons (Fsp3) is 0.923. The lowest BCUT2D eigenvalue weighted by Crippen LogP contribution is -2.37. The van der Waals surface area contributed by atoms with E-state index in [9.17, 15) is 0 Å². The summed E-state index contributed by atoms with van der Waals surface area (Å²) in [4.78, 5) is 0. The fourth-order valence-corrected chi connectivity index (χ4v) is 1.96. The van der Waals surface area contributed by atoms with Gasteiger partial charge in [-0.15, -0.1) is 0 Å². The second-order valence-electron chi connectivity index (χ2n) is 5.25. The van der Waals surface area contributed by atoms with Crippen molar-refractivity contribution in [1.29, 1.82) is 5.41 Å². The average Bonchev–Trinajstić information content (AvgIpc) is 2.22. The number of guanidine groups is 1. The van der Waals surface area contributed by atoms with E-state index in [1.54, 1.807) is 0 Å². The van der Waals surface area contributed by atoms with Crippen LogP contribution in [0.3, 0.4) is 0 Å². The fourth-order valence-electron chi connectivity index (χ4n) is 1.96. The number of hydrogen-bond donors (Lipinski definition) is 4. The zero-order valence-corrected chi connectivity index (χ0v) is 11.8. The van der Waals surface area contributed by atoms with Crippen LogP contribution in [0.15, 0.2) is 0 Å². The Kier molecular flexibility index (Phi) is 8.86. The molecule has 0 aromatic heterocycles. The molecule has 5 N–H and O–H groups in total. The van der Waals surface area contributed by atoms with E-state index in [4.69, 9.17) is 11.1 Å². The molecular formula is C13H30N4. The van der Waals surface area contributed by atoms with E-state index >= 15 is 0 Å². The van der Waals surface area contributed by atoms with Crippen molar-refractivity contribution in [3.8, 4) is 0 Å². The van der Waals surface area contributed by atoms with Crippen LogP contribution < -0.4 is 16.4 Å². The van der Waals surface area contributed by atoms with Gasteiger partial charge in [0.2, 0.25) is 0 Å². The van der Waals surface area contributed by atoms with E-state index in [2.05, 4.69) is 38.3 Å². The first-order chi connectivity index (χ1) is 7.95. The summed E-state index contributed by atoms with van der Waals surface area (Å²) in [5.41, 5.74) is 5.25. The van der Waals surface area contributed by atoms with Crippen LogP contribution in [0.4, 0.5) is 0 Å². The summed E-state index contributed by atoms with van der Waals surface area (Å²) in [5, 5.41) is 13.6. The Balaban J connectivity index is 3.88. The molecule has 17 heavy (non-hydrogen) atoms. The summed E-state index contributed by atoms with van der Waals surface area (Å²) in [7, 11) is 0. The van der Waals surface area contributed by atoms with Gasteiger partial charge in [-0.05, 0) is 25.2 Å². The van der Waals surface area contributed by atoms with Crippen LogP contribution in [0, 0.1) is 11.3 Å². The lowest BCUT2D eigenvalue weighted by atomic mass is 9.96. The molecule has 1 unspecified atom stereocenters. The van der Waals surface area contributed by atoms with Crippen molar-refractivity contribution in [3.05, 3.63) is 0 Å². The van der Waals surface area contributed by atoms with E-state index in [-0.39, 0.29) is 5.96 Å². The van der Waals surface area contributed by atoms with E-state index in [0.717, 1.165) is 25.3 Å². The van der Waals surface area contributed by atoms with Gasteiger partial charge in [0.1, 0.15) is 0 Å². The Morgan fingerprint density at radius 1 is 1.29 bits per heavy atom. The summed E-state index contributed by atoms with van der Waals surface area (Å²) in [5.74, 6) is 0.840. The normalized spacial score (nSPS) is 14.6. The highest BCUT2D eigenvalue weighted by Gasteiger charge is 2.12. The molecule has 0 fully saturated rings. The Labute approximate surface area is 106 Å². The molecule has 0 saturated heterocycles. The van der Waals surface area contributed by atoms with E-state index in [0.29, 0.717) is 12.1 Å². The monoisotopic (exact) mass is 242 g/mol. The highest BCUT2D eigenvalue weighted by molar-refractivity contribution is 5.74. The molecule has 0 aliphatic carbocycles. The number of nitrogens with two attached hydrogens (primary N) is 1. The lowest BCUT2D eigenvalue weighted by molar-refractivity contribution is 0.350. The largest absolute Gasteiger partial charge is 0.370 e. The highest BCUT2D eigenvalue weighted by Crippen LogP contribution is 2.13. The minimum atomic E-state index is 0.0697. The summed E-state index contributed by atoms with van der Waals surface area (Å²) >= 11 is 0. The van der Waals surface area contributed by atoms with Gasteiger partial charge in [0.25, 0.3) is 0 Å². The summed E-state index contributed by atoms with van der Waals surface area (Å²) in [6.45, 7) is 9.73. The SMILES string of the molecule is CCC(C)C[C@H](CCCNC(=N)N)NC(C)C. The maximum atomic E-state index is 7.09. The van der Waals surface area contributed by atoms with Crippen molar-refractivity contribution >= 4 is 5.96 Å². The van der Waals surface area contributed by atoms with Gasteiger partial charge in [-0.1, -0.05) is 34.1 Å². The van der Waals surface area contributed by atoms with E-state index in [1.165, 1.54) is 12.8 Å². The van der Waals surface area contributed by atoms with Gasteiger partial charge < -0.3 is 16.4 Å². The second kappa shape index (κ2) is 9.28. The van der Waals surface area contributed by atoms with Gasteiger partial charge in [-0.25, -0.2) is 0 Å². The van der Waals surface area contributed by atoms with Crippen molar-refractivity contribution < 1.29 is 0 Å². The molecule has 4 nitrogen and oxygen atoms in total. The molecule has 0 radical (unpaired) electrons. The van der Waals surface area contributed by atoms with E-state index < -0.39 is 0 Å². The lowest BCUT2D eigenvalue weighted by Gasteiger charge is -2.24. The van der Waals surface area contributed by atoms with Crippen LogP contribution in [0.2, 0.25) is 0 Å². The van der Waals surface area contributed by atoms with Crippen molar-refractivity contribution in [2.75, 3.05) is 6.54 Å². The first-order valence-corrected chi connectivity index (χ1v) is 6.79. The quantitative estimate of drug-likeness (QED) is 0.284. The molecule has 0 aromatic rings. The molecular weight excluding hydrogens is 212 g/mol. The maximum absolute atomic E-state index is 7.09. The predicted molar refractivity (Wildman–Crippen MR) is 75.3 cm³/mol. The highest BCUT2D eigenvalue weighted by atomic mass is 15.0. The molecule has 0 aliphatic heterocycles. The minimum absolute atomic E-state index is 0.0697. The van der Waals surface area contributed by atoms with Crippen LogP contribution in [-0.4, -0.2) is 24.6 Å². The predicted octanol–water partition coefficient (Wildman–Crippen LogP) is 2.05.